The molecule has 4 N–H and O–H groups in total. The zero-order valence-electron chi connectivity index (χ0n) is 17.1. The largest absolute Gasteiger partial charge is 0.369 e. The van der Waals surface area contributed by atoms with Gasteiger partial charge in [-0.25, -0.2) is 0 Å². The molecule has 0 bridgehead atoms. The molecule has 0 spiro atoms. The summed E-state index contributed by atoms with van der Waals surface area (Å²) in [6.07, 6.45) is 8.35. The van der Waals surface area contributed by atoms with Crippen molar-refractivity contribution in [2.24, 2.45) is 57.3 Å². The maximum atomic E-state index is 12.3. The summed E-state index contributed by atoms with van der Waals surface area (Å²) in [6.45, 7) is 12.7. The highest BCUT2D eigenvalue weighted by atomic mass is 16.1. The molecule has 0 aliphatic heterocycles. The molecule has 0 radical (unpaired) electrons. The van der Waals surface area contributed by atoms with E-state index in [-0.39, 0.29) is 11.3 Å². The lowest BCUT2D eigenvalue weighted by Gasteiger charge is -2.63. The monoisotopic (exact) mass is 348 g/mol. The van der Waals surface area contributed by atoms with Gasteiger partial charge in [-0.2, -0.15) is 0 Å². The predicted octanol–water partition coefficient (Wildman–Crippen LogP) is 4.34. The van der Waals surface area contributed by atoms with E-state index in [1.54, 1.807) is 0 Å². The molecule has 0 saturated heterocycles. The van der Waals surface area contributed by atoms with E-state index in [4.69, 9.17) is 11.5 Å². The molecule has 3 saturated carbocycles. The highest BCUT2D eigenvalue weighted by molar-refractivity contribution is 5.81. The van der Waals surface area contributed by atoms with Crippen LogP contribution in [0.3, 0.4) is 0 Å². The second-order valence-electron chi connectivity index (χ2n) is 10.7. The standard InChI is InChI=1S/C22H40N2O/c1-14(2)20(3)11-15(13-23)21(4)10-8-17-16(18(21)12-20)7-6-9-22(17,5)19(24)25/h14-18H,6-13,23H2,1-5H3,(H2,24,25). The lowest BCUT2D eigenvalue weighted by molar-refractivity contribution is -0.159. The third-order valence-corrected chi connectivity index (χ3v) is 9.50. The maximum absolute atomic E-state index is 12.3. The van der Waals surface area contributed by atoms with Gasteiger partial charge in [0.15, 0.2) is 0 Å². The third-order valence-electron chi connectivity index (χ3n) is 9.50. The first-order chi connectivity index (χ1) is 11.6. The van der Waals surface area contributed by atoms with Crippen molar-refractivity contribution < 1.29 is 4.79 Å². The van der Waals surface area contributed by atoms with Crippen LogP contribution >= 0.6 is 0 Å². The molecule has 3 aliphatic carbocycles. The van der Waals surface area contributed by atoms with Crippen molar-refractivity contribution in [1.82, 2.24) is 0 Å². The minimum Gasteiger partial charge on any atom is -0.369 e. The van der Waals surface area contributed by atoms with Crippen LogP contribution in [0.5, 0.6) is 0 Å². The third kappa shape index (κ3) is 2.76. The summed E-state index contributed by atoms with van der Waals surface area (Å²) in [5, 5.41) is 0. The smallest absolute Gasteiger partial charge is 0.223 e. The molecule has 25 heavy (non-hydrogen) atoms. The lowest BCUT2D eigenvalue weighted by Crippen LogP contribution is -2.59. The first-order valence-electron chi connectivity index (χ1n) is 10.6. The fourth-order valence-corrected chi connectivity index (χ4v) is 7.12. The summed E-state index contributed by atoms with van der Waals surface area (Å²) in [5.74, 6) is 3.05. The Labute approximate surface area is 154 Å². The second-order valence-corrected chi connectivity index (χ2v) is 10.7. The van der Waals surface area contributed by atoms with E-state index in [0.29, 0.717) is 40.4 Å². The Balaban J connectivity index is 1.99. The van der Waals surface area contributed by atoms with Gasteiger partial charge in [-0.05, 0) is 85.5 Å². The zero-order chi connectivity index (χ0) is 18.6. The van der Waals surface area contributed by atoms with Gasteiger partial charge in [0.05, 0.1) is 0 Å². The average molecular weight is 349 g/mol. The Hall–Kier alpha value is -0.570. The summed E-state index contributed by atoms with van der Waals surface area (Å²) < 4.78 is 0. The van der Waals surface area contributed by atoms with Crippen LogP contribution in [-0.4, -0.2) is 12.5 Å². The van der Waals surface area contributed by atoms with Gasteiger partial charge in [0, 0.05) is 5.41 Å². The molecule has 0 aromatic rings. The van der Waals surface area contributed by atoms with Crippen molar-refractivity contribution in [2.75, 3.05) is 6.54 Å². The molecule has 1 amide bonds. The number of hydrogen-bond donors (Lipinski definition) is 2. The summed E-state index contributed by atoms with van der Waals surface area (Å²) >= 11 is 0. The summed E-state index contributed by atoms with van der Waals surface area (Å²) in [4.78, 5) is 12.3. The molecular weight excluding hydrogens is 308 g/mol. The van der Waals surface area contributed by atoms with E-state index in [2.05, 4.69) is 34.6 Å². The van der Waals surface area contributed by atoms with Crippen molar-refractivity contribution in [1.29, 1.82) is 0 Å². The second kappa shape index (κ2) is 6.25. The van der Waals surface area contributed by atoms with Crippen molar-refractivity contribution in [3.05, 3.63) is 0 Å². The molecule has 0 aromatic heterocycles. The van der Waals surface area contributed by atoms with Crippen molar-refractivity contribution in [3.8, 4) is 0 Å². The molecule has 3 nitrogen and oxygen atoms in total. The number of rotatable bonds is 3. The molecule has 7 unspecified atom stereocenters. The Morgan fingerprint density at radius 1 is 1.08 bits per heavy atom. The van der Waals surface area contributed by atoms with Crippen molar-refractivity contribution in [2.45, 2.75) is 79.6 Å². The normalized spacial score (nSPS) is 50.2. The molecule has 3 aliphatic rings. The average Bonchev–Trinajstić information content (AvgIpc) is 2.55. The molecule has 0 aromatic carbocycles. The van der Waals surface area contributed by atoms with E-state index < -0.39 is 0 Å². The Morgan fingerprint density at radius 2 is 1.76 bits per heavy atom. The molecule has 0 heterocycles. The van der Waals surface area contributed by atoms with Crippen LogP contribution in [0.15, 0.2) is 0 Å². The Bertz CT molecular complexity index is 532. The number of amides is 1. The number of hydrogen-bond acceptors (Lipinski definition) is 2. The van der Waals surface area contributed by atoms with Gasteiger partial charge in [-0.1, -0.05) is 41.0 Å². The molecular formula is C22H40N2O. The highest BCUT2D eigenvalue weighted by Gasteiger charge is 2.60. The van der Waals surface area contributed by atoms with Gasteiger partial charge in [-0.15, -0.1) is 0 Å². The van der Waals surface area contributed by atoms with Crippen LogP contribution in [-0.2, 0) is 4.79 Å². The fourth-order valence-electron chi connectivity index (χ4n) is 7.12. The van der Waals surface area contributed by atoms with Crippen LogP contribution in [0.25, 0.3) is 0 Å². The van der Waals surface area contributed by atoms with Crippen LogP contribution in [0, 0.1) is 45.8 Å². The fraction of sp³-hybridized carbons (Fsp3) is 0.955. The summed E-state index contributed by atoms with van der Waals surface area (Å²) in [7, 11) is 0. The van der Waals surface area contributed by atoms with Gasteiger partial charge in [0.25, 0.3) is 0 Å². The van der Waals surface area contributed by atoms with Crippen LogP contribution in [0.4, 0.5) is 0 Å². The molecule has 7 atom stereocenters. The van der Waals surface area contributed by atoms with Gasteiger partial charge in [-0.3, -0.25) is 4.79 Å². The highest BCUT2D eigenvalue weighted by Crippen LogP contribution is 2.66. The first kappa shape index (κ1) is 19.2. The van der Waals surface area contributed by atoms with Crippen molar-refractivity contribution in [3.63, 3.8) is 0 Å². The minimum absolute atomic E-state index is 0.0661. The van der Waals surface area contributed by atoms with E-state index in [0.717, 1.165) is 25.8 Å². The predicted molar refractivity (Wildman–Crippen MR) is 104 cm³/mol. The van der Waals surface area contributed by atoms with E-state index in [1.807, 2.05) is 0 Å². The molecule has 144 valence electrons. The zero-order valence-corrected chi connectivity index (χ0v) is 17.1. The van der Waals surface area contributed by atoms with Gasteiger partial charge in [0.1, 0.15) is 0 Å². The Morgan fingerprint density at radius 3 is 2.32 bits per heavy atom. The van der Waals surface area contributed by atoms with Crippen LogP contribution in [0.1, 0.15) is 79.6 Å². The number of fused-ring (bicyclic) bond motifs is 3. The topological polar surface area (TPSA) is 69.1 Å². The van der Waals surface area contributed by atoms with Gasteiger partial charge in [0.2, 0.25) is 5.91 Å². The number of primary amides is 1. The summed E-state index contributed by atoms with van der Waals surface area (Å²) in [5.41, 5.74) is 12.6. The van der Waals surface area contributed by atoms with Crippen LogP contribution in [0.2, 0.25) is 0 Å². The number of nitrogens with two attached hydrogens (primary N) is 2. The Kier molecular flexibility index (Phi) is 4.80. The SMILES string of the molecule is CC(C)C1(C)CC(CN)C2(C)CCC3C(CCCC3(C)C(N)=O)C2C1. The molecule has 3 fully saturated rings. The van der Waals surface area contributed by atoms with Gasteiger partial charge < -0.3 is 11.5 Å². The van der Waals surface area contributed by atoms with Gasteiger partial charge >= 0.3 is 0 Å². The van der Waals surface area contributed by atoms with E-state index >= 15 is 0 Å². The quantitative estimate of drug-likeness (QED) is 0.796. The first-order valence-corrected chi connectivity index (χ1v) is 10.6. The summed E-state index contributed by atoms with van der Waals surface area (Å²) in [6, 6.07) is 0. The van der Waals surface area contributed by atoms with E-state index in [9.17, 15) is 4.79 Å². The maximum Gasteiger partial charge on any atom is 0.223 e. The number of carbonyl (C=O) groups excluding carboxylic acids is 1. The molecule has 3 heteroatoms. The van der Waals surface area contributed by atoms with E-state index in [1.165, 1.54) is 25.7 Å². The van der Waals surface area contributed by atoms with Crippen molar-refractivity contribution >= 4 is 5.91 Å². The molecule has 3 rings (SSSR count). The number of carbonyl (C=O) groups is 1. The lowest BCUT2D eigenvalue weighted by atomic mass is 9.41. The van der Waals surface area contributed by atoms with Crippen LogP contribution < -0.4 is 11.5 Å². The minimum atomic E-state index is -0.297.